The number of piperidine rings is 1. The van der Waals surface area contributed by atoms with Gasteiger partial charge in [0.25, 0.3) is 0 Å². The molecule has 0 aromatic rings. The summed E-state index contributed by atoms with van der Waals surface area (Å²) in [5.41, 5.74) is 6.22. The SMILES string of the molecule is CN(C)C1CCN(C(CN)C(C)(C)C)CC1. The number of hydrogen-bond donors (Lipinski definition) is 1. The maximum Gasteiger partial charge on any atom is 0.0266 e. The molecular weight excluding hydrogens is 198 g/mol. The van der Waals surface area contributed by atoms with Crippen molar-refractivity contribution < 1.29 is 0 Å². The topological polar surface area (TPSA) is 32.5 Å². The molecule has 0 amide bonds. The van der Waals surface area contributed by atoms with E-state index < -0.39 is 0 Å². The van der Waals surface area contributed by atoms with Gasteiger partial charge < -0.3 is 10.6 Å². The summed E-state index contributed by atoms with van der Waals surface area (Å²) in [6.07, 6.45) is 2.55. The Morgan fingerprint density at radius 3 is 2.06 bits per heavy atom. The predicted octanol–water partition coefficient (Wildman–Crippen LogP) is 1.39. The lowest BCUT2D eigenvalue weighted by atomic mass is 9.84. The Kier molecular flexibility index (Phi) is 4.77. The third-order valence-corrected chi connectivity index (χ3v) is 3.89. The first-order valence-electron chi connectivity index (χ1n) is 6.46. The molecule has 3 heteroatoms. The predicted molar refractivity (Wildman–Crippen MR) is 70.6 cm³/mol. The van der Waals surface area contributed by atoms with Crippen LogP contribution in [0.2, 0.25) is 0 Å². The normalized spacial score (nSPS) is 22.7. The van der Waals surface area contributed by atoms with Gasteiger partial charge in [0, 0.05) is 18.6 Å². The third-order valence-electron chi connectivity index (χ3n) is 3.89. The van der Waals surface area contributed by atoms with Crippen LogP contribution in [0.25, 0.3) is 0 Å². The second-order valence-corrected chi connectivity index (χ2v) is 6.35. The minimum Gasteiger partial charge on any atom is -0.329 e. The van der Waals surface area contributed by atoms with Crippen molar-refractivity contribution in [1.29, 1.82) is 0 Å². The standard InChI is InChI=1S/C13H29N3/c1-13(2,3)12(10-14)16-8-6-11(7-9-16)15(4)5/h11-12H,6-10,14H2,1-5H3. The van der Waals surface area contributed by atoms with E-state index >= 15 is 0 Å². The first-order valence-corrected chi connectivity index (χ1v) is 6.46. The maximum absolute atomic E-state index is 5.93. The Morgan fingerprint density at radius 2 is 1.75 bits per heavy atom. The van der Waals surface area contributed by atoms with Crippen molar-refractivity contribution in [2.24, 2.45) is 11.1 Å². The molecule has 1 fully saturated rings. The van der Waals surface area contributed by atoms with Gasteiger partial charge in [-0.05, 0) is 45.4 Å². The highest BCUT2D eigenvalue weighted by molar-refractivity contribution is 4.88. The Morgan fingerprint density at radius 1 is 1.25 bits per heavy atom. The lowest BCUT2D eigenvalue weighted by Gasteiger charge is -2.44. The number of likely N-dealkylation sites (tertiary alicyclic amines) is 1. The van der Waals surface area contributed by atoms with Gasteiger partial charge in [0.1, 0.15) is 0 Å². The Hall–Kier alpha value is -0.120. The lowest BCUT2D eigenvalue weighted by Crippen LogP contribution is -2.53. The van der Waals surface area contributed by atoms with Gasteiger partial charge in [-0.15, -0.1) is 0 Å². The summed E-state index contributed by atoms with van der Waals surface area (Å²) in [7, 11) is 4.37. The Bertz CT molecular complexity index is 200. The first kappa shape index (κ1) is 13.9. The summed E-state index contributed by atoms with van der Waals surface area (Å²) in [6, 6.07) is 1.28. The molecule has 0 bridgehead atoms. The van der Waals surface area contributed by atoms with Crippen LogP contribution in [-0.2, 0) is 0 Å². The van der Waals surface area contributed by atoms with Crippen LogP contribution in [0.15, 0.2) is 0 Å². The average molecular weight is 227 g/mol. The van der Waals surface area contributed by atoms with E-state index in [1.807, 2.05) is 0 Å². The van der Waals surface area contributed by atoms with Crippen LogP contribution in [0, 0.1) is 5.41 Å². The molecule has 96 valence electrons. The molecule has 0 saturated carbocycles. The van der Waals surface area contributed by atoms with E-state index in [2.05, 4.69) is 44.7 Å². The van der Waals surface area contributed by atoms with Crippen LogP contribution in [0.4, 0.5) is 0 Å². The molecule has 0 aliphatic carbocycles. The smallest absolute Gasteiger partial charge is 0.0266 e. The number of nitrogens with zero attached hydrogens (tertiary/aromatic N) is 2. The molecule has 0 aromatic heterocycles. The highest BCUT2D eigenvalue weighted by Crippen LogP contribution is 2.26. The van der Waals surface area contributed by atoms with Gasteiger partial charge in [-0.25, -0.2) is 0 Å². The van der Waals surface area contributed by atoms with Crippen LogP contribution >= 0.6 is 0 Å². The number of rotatable bonds is 3. The fourth-order valence-corrected chi connectivity index (χ4v) is 2.76. The number of nitrogens with two attached hydrogens (primary N) is 1. The summed E-state index contributed by atoms with van der Waals surface area (Å²) >= 11 is 0. The van der Waals surface area contributed by atoms with Crippen LogP contribution in [-0.4, -0.2) is 55.6 Å². The molecule has 2 N–H and O–H groups in total. The van der Waals surface area contributed by atoms with Gasteiger partial charge in [0.15, 0.2) is 0 Å². The minimum atomic E-state index is 0.291. The van der Waals surface area contributed by atoms with Crippen molar-refractivity contribution >= 4 is 0 Å². The van der Waals surface area contributed by atoms with E-state index in [4.69, 9.17) is 5.73 Å². The van der Waals surface area contributed by atoms with E-state index in [9.17, 15) is 0 Å². The molecule has 0 aromatic carbocycles. The summed E-state index contributed by atoms with van der Waals surface area (Å²) in [5, 5.41) is 0. The van der Waals surface area contributed by atoms with Crippen LogP contribution < -0.4 is 5.73 Å². The molecule has 1 rings (SSSR count). The quantitative estimate of drug-likeness (QED) is 0.791. The highest BCUT2D eigenvalue weighted by Gasteiger charge is 2.32. The van der Waals surface area contributed by atoms with Gasteiger partial charge in [0.05, 0.1) is 0 Å². The molecule has 1 aliphatic heterocycles. The van der Waals surface area contributed by atoms with Crippen LogP contribution in [0.1, 0.15) is 33.6 Å². The van der Waals surface area contributed by atoms with E-state index in [0.717, 1.165) is 12.6 Å². The average Bonchev–Trinajstić information content (AvgIpc) is 2.17. The van der Waals surface area contributed by atoms with Crippen LogP contribution in [0.5, 0.6) is 0 Å². The van der Waals surface area contributed by atoms with Gasteiger partial charge in [0.2, 0.25) is 0 Å². The second kappa shape index (κ2) is 5.48. The monoisotopic (exact) mass is 227 g/mol. The molecule has 1 atom stereocenters. The van der Waals surface area contributed by atoms with Crippen molar-refractivity contribution in [2.75, 3.05) is 33.7 Å². The highest BCUT2D eigenvalue weighted by atomic mass is 15.2. The first-order chi connectivity index (χ1) is 7.36. The van der Waals surface area contributed by atoms with Gasteiger partial charge >= 0.3 is 0 Å². The molecule has 1 aliphatic rings. The van der Waals surface area contributed by atoms with E-state index in [1.54, 1.807) is 0 Å². The summed E-state index contributed by atoms with van der Waals surface area (Å²) < 4.78 is 0. The molecule has 3 nitrogen and oxygen atoms in total. The second-order valence-electron chi connectivity index (χ2n) is 6.35. The molecule has 0 spiro atoms. The zero-order chi connectivity index (χ0) is 12.3. The maximum atomic E-state index is 5.93. The summed E-state index contributed by atoms with van der Waals surface area (Å²) in [4.78, 5) is 4.94. The van der Waals surface area contributed by atoms with Crippen molar-refractivity contribution in [3.8, 4) is 0 Å². The van der Waals surface area contributed by atoms with Gasteiger partial charge in [-0.2, -0.15) is 0 Å². The molecule has 1 unspecified atom stereocenters. The van der Waals surface area contributed by atoms with Crippen molar-refractivity contribution in [2.45, 2.75) is 45.7 Å². The lowest BCUT2D eigenvalue weighted by molar-refractivity contribution is 0.0585. The molecule has 0 radical (unpaired) electrons. The Labute approximate surface area is 101 Å². The summed E-state index contributed by atoms with van der Waals surface area (Å²) in [6.45, 7) is 10.0. The van der Waals surface area contributed by atoms with Gasteiger partial charge in [-0.3, -0.25) is 4.90 Å². The fourth-order valence-electron chi connectivity index (χ4n) is 2.76. The summed E-state index contributed by atoms with van der Waals surface area (Å²) in [5.74, 6) is 0. The third kappa shape index (κ3) is 3.44. The minimum absolute atomic E-state index is 0.291. The Balaban J connectivity index is 2.52. The molecule has 1 saturated heterocycles. The van der Waals surface area contributed by atoms with E-state index in [0.29, 0.717) is 11.5 Å². The van der Waals surface area contributed by atoms with E-state index in [-0.39, 0.29) is 0 Å². The zero-order valence-electron chi connectivity index (χ0n) is 11.7. The largest absolute Gasteiger partial charge is 0.329 e. The van der Waals surface area contributed by atoms with Crippen molar-refractivity contribution in [3.05, 3.63) is 0 Å². The van der Waals surface area contributed by atoms with Crippen molar-refractivity contribution in [3.63, 3.8) is 0 Å². The van der Waals surface area contributed by atoms with Crippen LogP contribution in [0.3, 0.4) is 0 Å². The molecule has 1 heterocycles. The number of hydrogen-bond acceptors (Lipinski definition) is 3. The molecular formula is C13H29N3. The fraction of sp³-hybridized carbons (Fsp3) is 1.00. The van der Waals surface area contributed by atoms with Crippen molar-refractivity contribution in [1.82, 2.24) is 9.80 Å². The zero-order valence-corrected chi connectivity index (χ0v) is 11.7. The molecule has 16 heavy (non-hydrogen) atoms. The van der Waals surface area contributed by atoms with E-state index in [1.165, 1.54) is 25.9 Å². The van der Waals surface area contributed by atoms with Gasteiger partial charge in [-0.1, -0.05) is 20.8 Å².